The highest BCUT2D eigenvalue weighted by Crippen LogP contribution is 2.35. The van der Waals surface area contributed by atoms with Gasteiger partial charge in [0.25, 0.3) is 0 Å². The van der Waals surface area contributed by atoms with Crippen molar-refractivity contribution >= 4 is 22.6 Å². The van der Waals surface area contributed by atoms with Gasteiger partial charge in [-0.25, -0.2) is 15.0 Å². The number of rotatable bonds is 3. The van der Waals surface area contributed by atoms with Crippen LogP contribution in [-0.2, 0) is 0 Å². The summed E-state index contributed by atoms with van der Waals surface area (Å²) in [7, 11) is 0. The topological polar surface area (TPSA) is 120 Å². The van der Waals surface area contributed by atoms with Gasteiger partial charge in [-0.3, -0.25) is 4.40 Å². The maximum Gasteiger partial charge on any atom is 0.179 e. The number of nitrogens with one attached hydrogen (secondary N) is 2. The number of nitriles is 1. The van der Waals surface area contributed by atoms with Crippen LogP contribution in [0.1, 0.15) is 36.7 Å². The van der Waals surface area contributed by atoms with Crippen molar-refractivity contribution in [1.29, 1.82) is 5.26 Å². The van der Waals surface area contributed by atoms with Crippen molar-refractivity contribution in [3.05, 3.63) is 42.4 Å². The Hall–Kier alpha value is -3.54. The summed E-state index contributed by atoms with van der Waals surface area (Å²) in [5.41, 5.74) is 2.91. The SMILES string of the molecule is N#Cc1cnc(N[C@@H]2CC[C@@H](c3nnc4cnc5[nH]ccc5n34)C2)cn1. The molecule has 1 aliphatic carbocycles. The number of nitrogens with zero attached hydrogens (tertiary/aromatic N) is 7. The van der Waals surface area contributed by atoms with Crippen LogP contribution in [0.15, 0.2) is 30.9 Å². The molecule has 2 atom stereocenters. The van der Waals surface area contributed by atoms with Crippen molar-refractivity contribution in [3.8, 4) is 6.07 Å². The minimum Gasteiger partial charge on any atom is -0.366 e. The summed E-state index contributed by atoms with van der Waals surface area (Å²) < 4.78 is 2.09. The van der Waals surface area contributed by atoms with E-state index in [2.05, 4.69) is 39.9 Å². The van der Waals surface area contributed by atoms with E-state index in [1.807, 2.05) is 18.3 Å². The van der Waals surface area contributed by atoms with E-state index in [1.165, 1.54) is 6.20 Å². The van der Waals surface area contributed by atoms with Gasteiger partial charge in [-0.05, 0) is 25.3 Å². The highest BCUT2D eigenvalue weighted by atomic mass is 15.3. The summed E-state index contributed by atoms with van der Waals surface area (Å²) in [5.74, 6) is 1.98. The highest BCUT2D eigenvalue weighted by molar-refractivity contribution is 5.74. The third-order valence-corrected chi connectivity index (χ3v) is 4.88. The van der Waals surface area contributed by atoms with E-state index in [4.69, 9.17) is 5.26 Å². The molecule has 2 N–H and O–H groups in total. The van der Waals surface area contributed by atoms with E-state index >= 15 is 0 Å². The second-order valence-corrected chi connectivity index (χ2v) is 6.47. The van der Waals surface area contributed by atoms with Crippen LogP contribution in [0.3, 0.4) is 0 Å². The van der Waals surface area contributed by atoms with Crippen LogP contribution in [0.25, 0.3) is 16.8 Å². The molecule has 0 radical (unpaired) electrons. The van der Waals surface area contributed by atoms with Crippen LogP contribution in [-0.4, -0.2) is 40.6 Å². The average Bonchev–Trinajstić information content (AvgIpc) is 3.40. The number of anilines is 1. The largest absolute Gasteiger partial charge is 0.366 e. The molecule has 1 aliphatic rings. The quantitative estimate of drug-likeness (QED) is 0.582. The Bertz CT molecular complexity index is 1120. The summed E-state index contributed by atoms with van der Waals surface area (Å²) in [4.78, 5) is 15.8. The molecule has 9 nitrogen and oxygen atoms in total. The van der Waals surface area contributed by atoms with E-state index in [0.29, 0.717) is 17.4 Å². The lowest BCUT2D eigenvalue weighted by Gasteiger charge is -2.13. The summed E-state index contributed by atoms with van der Waals surface area (Å²) in [6, 6.07) is 4.26. The fourth-order valence-corrected chi connectivity index (χ4v) is 3.68. The van der Waals surface area contributed by atoms with Crippen molar-refractivity contribution < 1.29 is 0 Å². The lowest BCUT2D eigenvalue weighted by molar-refractivity contribution is 0.651. The normalized spacial score (nSPS) is 19.8. The smallest absolute Gasteiger partial charge is 0.179 e. The van der Waals surface area contributed by atoms with Crippen LogP contribution in [0, 0.1) is 11.3 Å². The molecule has 1 saturated carbocycles. The molecule has 0 aromatic carbocycles. The van der Waals surface area contributed by atoms with E-state index in [9.17, 15) is 0 Å². The predicted molar refractivity (Wildman–Crippen MR) is 93.4 cm³/mol. The molecular weight excluding hydrogens is 330 g/mol. The molecule has 5 rings (SSSR count). The lowest BCUT2D eigenvalue weighted by atomic mass is 10.1. The number of fused-ring (bicyclic) bond motifs is 3. The van der Waals surface area contributed by atoms with Crippen LogP contribution in [0.2, 0.25) is 0 Å². The Morgan fingerprint density at radius 2 is 2.12 bits per heavy atom. The van der Waals surface area contributed by atoms with Gasteiger partial charge in [-0.2, -0.15) is 5.26 Å². The fourth-order valence-electron chi connectivity index (χ4n) is 3.68. The zero-order valence-electron chi connectivity index (χ0n) is 13.8. The van der Waals surface area contributed by atoms with Crippen molar-refractivity contribution in [3.63, 3.8) is 0 Å². The summed E-state index contributed by atoms with van der Waals surface area (Å²) in [6.07, 6.45) is 9.69. The van der Waals surface area contributed by atoms with E-state index < -0.39 is 0 Å². The summed E-state index contributed by atoms with van der Waals surface area (Å²) in [5, 5.41) is 20.9. The second kappa shape index (κ2) is 5.77. The standard InChI is InChI=1S/C17H15N9/c18-6-12-7-21-14(8-20-12)23-11-2-1-10(5-11)17-25-24-15-9-22-16-13(26(15)17)3-4-19-16/h3-4,7-11,19H,1-2,5H2,(H,21,23)/t10-,11-/m1/s1. The van der Waals surface area contributed by atoms with Gasteiger partial charge in [0, 0.05) is 18.2 Å². The highest BCUT2D eigenvalue weighted by Gasteiger charge is 2.30. The number of aromatic amines is 1. The summed E-state index contributed by atoms with van der Waals surface area (Å²) in [6.45, 7) is 0. The van der Waals surface area contributed by atoms with Crippen LogP contribution in [0.4, 0.5) is 5.82 Å². The third-order valence-electron chi connectivity index (χ3n) is 4.88. The molecule has 9 heteroatoms. The molecule has 0 amide bonds. The Morgan fingerprint density at radius 3 is 2.96 bits per heavy atom. The number of hydrogen-bond acceptors (Lipinski definition) is 7. The molecule has 0 bridgehead atoms. The molecule has 0 spiro atoms. The first kappa shape index (κ1) is 14.8. The zero-order chi connectivity index (χ0) is 17.5. The van der Waals surface area contributed by atoms with Gasteiger partial charge >= 0.3 is 0 Å². The molecule has 1 fully saturated rings. The van der Waals surface area contributed by atoms with Crippen molar-refractivity contribution in [1.82, 2.24) is 34.5 Å². The van der Waals surface area contributed by atoms with Gasteiger partial charge in [-0.15, -0.1) is 10.2 Å². The maximum absolute atomic E-state index is 8.80. The first-order valence-corrected chi connectivity index (χ1v) is 8.47. The first-order chi connectivity index (χ1) is 12.8. The van der Waals surface area contributed by atoms with Gasteiger partial charge < -0.3 is 10.3 Å². The van der Waals surface area contributed by atoms with E-state index in [0.717, 1.165) is 41.9 Å². The second-order valence-electron chi connectivity index (χ2n) is 6.47. The monoisotopic (exact) mass is 345 g/mol. The Balaban J connectivity index is 1.39. The van der Waals surface area contributed by atoms with Gasteiger partial charge in [0.2, 0.25) is 0 Å². The van der Waals surface area contributed by atoms with Crippen LogP contribution < -0.4 is 5.32 Å². The number of H-pyrrole nitrogens is 1. The number of aromatic nitrogens is 7. The van der Waals surface area contributed by atoms with Crippen molar-refractivity contribution in [2.24, 2.45) is 0 Å². The first-order valence-electron chi connectivity index (χ1n) is 8.47. The minimum atomic E-state index is 0.290. The molecular formula is C17H15N9. The third kappa shape index (κ3) is 2.35. The molecule has 0 aliphatic heterocycles. The van der Waals surface area contributed by atoms with E-state index in [-0.39, 0.29) is 6.04 Å². The summed E-state index contributed by atoms with van der Waals surface area (Å²) >= 11 is 0. The predicted octanol–water partition coefficient (Wildman–Crippen LogP) is 2.02. The molecule has 0 saturated heterocycles. The van der Waals surface area contributed by atoms with Gasteiger partial charge in [0.05, 0.1) is 24.1 Å². The zero-order valence-corrected chi connectivity index (χ0v) is 13.8. The Morgan fingerprint density at radius 1 is 1.15 bits per heavy atom. The molecule has 128 valence electrons. The van der Waals surface area contributed by atoms with Crippen LogP contribution >= 0.6 is 0 Å². The fraction of sp³-hybridized carbons (Fsp3) is 0.294. The maximum atomic E-state index is 8.80. The lowest BCUT2D eigenvalue weighted by Crippen LogP contribution is -2.16. The molecule has 26 heavy (non-hydrogen) atoms. The van der Waals surface area contributed by atoms with E-state index in [1.54, 1.807) is 12.4 Å². The van der Waals surface area contributed by atoms with Crippen molar-refractivity contribution in [2.45, 2.75) is 31.2 Å². The molecule has 4 heterocycles. The Kier molecular flexibility index (Phi) is 3.28. The van der Waals surface area contributed by atoms with Crippen LogP contribution in [0.5, 0.6) is 0 Å². The van der Waals surface area contributed by atoms with Gasteiger partial charge in [0.15, 0.2) is 17.0 Å². The number of hydrogen-bond donors (Lipinski definition) is 2. The Labute approximate surface area is 148 Å². The average molecular weight is 345 g/mol. The van der Waals surface area contributed by atoms with Crippen molar-refractivity contribution in [2.75, 3.05) is 5.32 Å². The molecule has 4 aromatic rings. The molecule has 0 unspecified atom stereocenters. The molecule has 4 aromatic heterocycles. The van der Waals surface area contributed by atoms with Gasteiger partial charge in [0.1, 0.15) is 17.7 Å². The van der Waals surface area contributed by atoms with Gasteiger partial charge in [-0.1, -0.05) is 0 Å². The minimum absolute atomic E-state index is 0.290.